The van der Waals surface area contributed by atoms with E-state index in [0.717, 1.165) is 27.6 Å². The molecular formula is C16H25Cl2N2+. The lowest BCUT2D eigenvalue weighted by molar-refractivity contribution is -0.953. The van der Waals surface area contributed by atoms with E-state index in [1.54, 1.807) is 6.07 Å². The number of rotatable bonds is 5. The third-order valence-electron chi connectivity index (χ3n) is 4.34. The van der Waals surface area contributed by atoms with Crippen LogP contribution in [-0.4, -0.2) is 30.2 Å². The van der Waals surface area contributed by atoms with E-state index >= 15 is 0 Å². The van der Waals surface area contributed by atoms with Crippen molar-refractivity contribution >= 4 is 23.2 Å². The second-order valence-electron chi connectivity index (χ2n) is 6.49. The van der Waals surface area contributed by atoms with Crippen LogP contribution in [0.3, 0.4) is 0 Å². The van der Waals surface area contributed by atoms with Crippen LogP contribution in [0.15, 0.2) is 18.2 Å². The predicted octanol–water partition coefficient (Wildman–Crippen LogP) is 4.09. The highest BCUT2D eigenvalue weighted by Gasteiger charge is 2.41. The van der Waals surface area contributed by atoms with Crippen LogP contribution in [0.5, 0.6) is 0 Å². The molecule has 0 aliphatic carbocycles. The molecule has 1 heterocycles. The zero-order valence-corrected chi connectivity index (χ0v) is 13.9. The molecule has 1 aliphatic rings. The fourth-order valence-electron chi connectivity index (χ4n) is 3.75. The zero-order valence-electron chi connectivity index (χ0n) is 12.4. The molecule has 2 N–H and O–H groups in total. The van der Waals surface area contributed by atoms with Crippen molar-refractivity contribution in [2.75, 3.05) is 19.6 Å². The van der Waals surface area contributed by atoms with E-state index in [-0.39, 0.29) is 0 Å². The van der Waals surface area contributed by atoms with Crippen LogP contribution in [0, 0.1) is 5.92 Å². The Hall–Kier alpha value is -0.280. The first-order chi connectivity index (χ1) is 9.45. The highest BCUT2D eigenvalue weighted by atomic mass is 35.5. The second kappa shape index (κ2) is 6.65. The smallest absolute Gasteiger partial charge is 0.105 e. The normalized spacial score (nSPS) is 26.4. The van der Waals surface area contributed by atoms with Gasteiger partial charge < -0.3 is 10.2 Å². The minimum atomic E-state index is 0.565. The van der Waals surface area contributed by atoms with Crippen LogP contribution >= 0.6 is 23.2 Å². The van der Waals surface area contributed by atoms with Crippen LogP contribution in [-0.2, 0) is 6.54 Å². The van der Waals surface area contributed by atoms with E-state index in [1.165, 1.54) is 31.5 Å². The quantitative estimate of drug-likeness (QED) is 0.814. The highest BCUT2D eigenvalue weighted by Crippen LogP contribution is 2.32. The molecule has 0 aromatic heterocycles. The van der Waals surface area contributed by atoms with E-state index in [2.05, 4.69) is 13.8 Å². The Labute approximate surface area is 132 Å². The summed E-state index contributed by atoms with van der Waals surface area (Å²) in [5.41, 5.74) is 7.26. The number of likely N-dealkylation sites (tertiary alicyclic amines) is 1. The molecule has 1 unspecified atom stereocenters. The summed E-state index contributed by atoms with van der Waals surface area (Å²) in [6.07, 6.45) is 2.50. The molecule has 1 aromatic carbocycles. The molecule has 0 radical (unpaired) electrons. The predicted molar refractivity (Wildman–Crippen MR) is 87.1 cm³/mol. The van der Waals surface area contributed by atoms with Crippen molar-refractivity contribution in [2.45, 2.75) is 39.3 Å². The van der Waals surface area contributed by atoms with Gasteiger partial charge in [-0.2, -0.15) is 0 Å². The van der Waals surface area contributed by atoms with Crippen LogP contribution in [0.25, 0.3) is 0 Å². The summed E-state index contributed by atoms with van der Waals surface area (Å²) >= 11 is 12.3. The monoisotopic (exact) mass is 315 g/mol. The minimum Gasteiger partial charge on any atom is -0.325 e. The number of halogens is 2. The molecule has 1 aliphatic heterocycles. The Bertz CT molecular complexity index is 442. The molecule has 112 valence electrons. The molecule has 0 bridgehead atoms. The molecule has 20 heavy (non-hydrogen) atoms. The van der Waals surface area contributed by atoms with Crippen molar-refractivity contribution in [3.63, 3.8) is 0 Å². The molecule has 0 spiro atoms. The Kier molecular flexibility index (Phi) is 5.36. The Morgan fingerprint density at radius 3 is 2.45 bits per heavy atom. The van der Waals surface area contributed by atoms with Crippen molar-refractivity contribution in [3.05, 3.63) is 33.8 Å². The van der Waals surface area contributed by atoms with E-state index in [1.807, 2.05) is 12.1 Å². The van der Waals surface area contributed by atoms with Gasteiger partial charge in [0.2, 0.25) is 0 Å². The van der Waals surface area contributed by atoms with Gasteiger partial charge in [-0.15, -0.1) is 0 Å². The molecule has 0 amide bonds. The van der Waals surface area contributed by atoms with Gasteiger partial charge in [-0.05, 0) is 18.2 Å². The number of nitrogens with two attached hydrogens (primary N) is 1. The molecule has 1 aromatic rings. The lowest BCUT2D eigenvalue weighted by atomic mass is 10.1. The molecule has 1 saturated heterocycles. The summed E-state index contributed by atoms with van der Waals surface area (Å²) in [4.78, 5) is 0. The second-order valence-corrected chi connectivity index (χ2v) is 7.36. The van der Waals surface area contributed by atoms with Gasteiger partial charge >= 0.3 is 0 Å². The Morgan fingerprint density at radius 2 is 1.90 bits per heavy atom. The van der Waals surface area contributed by atoms with E-state index in [9.17, 15) is 0 Å². The number of hydrogen-bond donors (Lipinski definition) is 1. The summed E-state index contributed by atoms with van der Waals surface area (Å²) in [5, 5.41) is 1.44. The molecule has 2 nitrogen and oxygen atoms in total. The molecule has 0 saturated carbocycles. The van der Waals surface area contributed by atoms with Gasteiger partial charge in [0.15, 0.2) is 0 Å². The first kappa shape index (κ1) is 16.1. The van der Waals surface area contributed by atoms with Crippen LogP contribution in [0.1, 0.15) is 32.3 Å². The summed E-state index contributed by atoms with van der Waals surface area (Å²) in [5.74, 6) is 0.664. The van der Waals surface area contributed by atoms with Crippen molar-refractivity contribution in [1.82, 2.24) is 0 Å². The molecule has 2 rings (SSSR count). The fraction of sp³-hybridized carbons (Fsp3) is 0.625. The molecule has 4 heteroatoms. The van der Waals surface area contributed by atoms with Gasteiger partial charge in [-0.25, -0.2) is 0 Å². The number of benzene rings is 1. The van der Waals surface area contributed by atoms with Gasteiger partial charge in [-0.1, -0.05) is 37.0 Å². The SMILES string of the molecule is CC(C)C[N+]1(Cc2cc(Cl)cc(Cl)c2)CCC[C@H]1CN. The maximum Gasteiger partial charge on any atom is 0.105 e. The molecule has 1 fully saturated rings. The zero-order chi connectivity index (χ0) is 14.8. The topological polar surface area (TPSA) is 26.0 Å². The van der Waals surface area contributed by atoms with Gasteiger partial charge in [-0.3, -0.25) is 0 Å². The Balaban J connectivity index is 2.27. The molecular weight excluding hydrogens is 291 g/mol. The fourth-order valence-corrected chi connectivity index (χ4v) is 4.32. The summed E-state index contributed by atoms with van der Waals surface area (Å²) in [6.45, 7) is 8.71. The molecule has 2 atom stereocenters. The average molecular weight is 316 g/mol. The van der Waals surface area contributed by atoms with Crippen molar-refractivity contribution in [1.29, 1.82) is 0 Å². The third kappa shape index (κ3) is 3.67. The van der Waals surface area contributed by atoms with Gasteiger partial charge in [0.1, 0.15) is 12.6 Å². The highest BCUT2D eigenvalue weighted by molar-refractivity contribution is 6.34. The Morgan fingerprint density at radius 1 is 1.25 bits per heavy atom. The number of hydrogen-bond acceptors (Lipinski definition) is 1. The van der Waals surface area contributed by atoms with Gasteiger partial charge in [0.25, 0.3) is 0 Å². The number of nitrogens with zero attached hydrogens (tertiary/aromatic N) is 1. The summed E-state index contributed by atoms with van der Waals surface area (Å²) < 4.78 is 1.09. The first-order valence-corrected chi connectivity index (χ1v) is 8.21. The maximum absolute atomic E-state index is 6.14. The first-order valence-electron chi connectivity index (χ1n) is 7.46. The largest absolute Gasteiger partial charge is 0.325 e. The van der Waals surface area contributed by atoms with Gasteiger partial charge in [0, 0.05) is 40.9 Å². The van der Waals surface area contributed by atoms with E-state index in [0.29, 0.717) is 12.0 Å². The van der Waals surface area contributed by atoms with Gasteiger partial charge in [0.05, 0.1) is 13.1 Å². The lowest BCUT2D eigenvalue weighted by Crippen LogP contribution is -2.55. The van der Waals surface area contributed by atoms with E-state index in [4.69, 9.17) is 28.9 Å². The maximum atomic E-state index is 6.14. The average Bonchev–Trinajstić information content (AvgIpc) is 2.68. The third-order valence-corrected chi connectivity index (χ3v) is 4.77. The van der Waals surface area contributed by atoms with Crippen LogP contribution in [0.4, 0.5) is 0 Å². The minimum absolute atomic E-state index is 0.565. The summed E-state index contributed by atoms with van der Waals surface area (Å²) in [6, 6.07) is 6.44. The van der Waals surface area contributed by atoms with Crippen LogP contribution in [0.2, 0.25) is 10.0 Å². The number of quaternary nitrogens is 1. The van der Waals surface area contributed by atoms with Crippen molar-refractivity contribution in [3.8, 4) is 0 Å². The van der Waals surface area contributed by atoms with Crippen LogP contribution < -0.4 is 5.73 Å². The standard InChI is InChI=1S/C16H25Cl2N2/c1-12(2)10-20(5-3-4-16(20)9-19)11-13-6-14(17)8-15(18)7-13/h6-8,12,16H,3-5,9-11,19H2,1-2H3/q+1/t16-,20?/m0/s1. The van der Waals surface area contributed by atoms with Crippen molar-refractivity contribution < 1.29 is 4.48 Å². The summed E-state index contributed by atoms with van der Waals surface area (Å²) in [7, 11) is 0. The lowest BCUT2D eigenvalue weighted by Gasteiger charge is -2.41. The van der Waals surface area contributed by atoms with E-state index < -0.39 is 0 Å². The van der Waals surface area contributed by atoms with Crippen molar-refractivity contribution in [2.24, 2.45) is 11.7 Å².